The van der Waals surface area contributed by atoms with Crippen LogP contribution in [-0.2, 0) is 11.3 Å². The number of carbonyl (C=O) groups excluding carboxylic acids is 1. The lowest BCUT2D eigenvalue weighted by Gasteiger charge is -2.09. The summed E-state index contributed by atoms with van der Waals surface area (Å²) >= 11 is 0. The topological polar surface area (TPSA) is 147 Å². The van der Waals surface area contributed by atoms with Crippen LogP contribution in [0.2, 0.25) is 0 Å². The van der Waals surface area contributed by atoms with Gasteiger partial charge in [0.15, 0.2) is 11.6 Å². The number of aromatic nitrogens is 6. The summed E-state index contributed by atoms with van der Waals surface area (Å²) in [5.74, 6) is 1.13. The van der Waals surface area contributed by atoms with E-state index in [1.807, 2.05) is 6.07 Å². The van der Waals surface area contributed by atoms with Crippen LogP contribution in [-0.4, -0.2) is 41.4 Å². The predicted octanol–water partition coefficient (Wildman–Crippen LogP) is 0.416. The van der Waals surface area contributed by atoms with E-state index in [0.717, 1.165) is 48.2 Å². The van der Waals surface area contributed by atoms with Crippen LogP contribution in [0, 0.1) is 10.8 Å². The Bertz CT molecular complexity index is 1260. The first-order valence-electron chi connectivity index (χ1n) is 9.49. The monoisotopic (exact) mass is 393 g/mol. The van der Waals surface area contributed by atoms with Gasteiger partial charge >= 0.3 is 0 Å². The number of anilines is 1. The Balaban J connectivity index is 1.46. The van der Waals surface area contributed by atoms with E-state index in [0.29, 0.717) is 11.4 Å². The van der Waals surface area contributed by atoms with Crippen LogP contribution >= 0.6 is 0 Å². The molecule has 0 saturated heterocycles. The molecule has 0 spiro atoms. The molecule has 148 valence electrons. The highest BCUT2D eigenvalue weighted by Gasteiger charge is 2.32. The summed E-state index contributed by atoms with van der Waals surface area (Å²) in [6.07, 6.45) is 5.05. The Hall–Kier alpha value is -3.63. The number of fused-ring (bicyclic) bond motifs is 1. The SMILES string of the molecule is N=Cn1nc(NC(=O)Cn2nc(C3CC3)n3nc(C4CC4)cc3c2=O)ccc1=N. The van der Waals surface area contributed by atoms with Gasteiger partial charge in [0.1, 0.15) is 23.9 Å². The zero-order valence-electron chi connectivity index (χ0n) is 15.5. The molecule has 0 radical (unpaired) electrons. The van der Waals surface area contributed by atoms with Crippen molar-refractivity contribution >= 4 is 23.6 Å². The second kappa shape index (κ2) is 6.47. The average molecular weight is 393 g/mol. The Kier molecular flexibility index (Phi) is 3.89. The lowest BCUT2D eigenvalue weighted by molar-refractivity contribution is -0.117. The molecule has 3 aromatic rings. The van der Waals surface area contributed by atoms with E-state index >= 15 is 0 Å². The van der Waals surface area contributed by atoms with Gasteiger partial charge in [-0.25, -0.2) is 13.9 Å². The Morgan fingerprint density at radius 2 is 1.93 bits per heavy atom. The molecule has 0 aliphatic heterocycles. The second-order valence-corrected chi connectivity index (χ2v) is 7.46. The molecule has 2 aliphatic carbocycles. The fourth-order valence-corrected chi connectivity index (χ4v) is 3.27. The summed E-state index contributed by atoms with van der Waals surface area (Å²) in [4.78, 5) is 25.4. The van der Waals surface area contributed by atoms with Crippen LogP contribution in [0.25, 0.3) is 5.52 Å². The summed E-state index contributed by atoms with van der Waals surface area (Å²) < 4.78 is 3.85. The van der Waals surface area contributed by atoms with Crippen LogP contribution in [0.3, 0.4) is 0 Å². The van der Waals surface area contributed by atoms with Crippen molar-refractivity contribution in [3.63, 3.8) is 0 Å². The van der Waals surface area contributed by atoms with E-state index in [2.05, 4.69) is 20.6 Å². The van der Waals surface area contributed by atoms with Crippen molar-refractivity contribution in [2.45, 2.75) is 44.1 Å². The van der Waals surface area contributed by atoms with E-state index in [4.69, 9.17) is 10.8 Å². The van der Waals surface area contributed by atoms with Crippen molar-refractivity contribution in [3.8, 4) is 0 Å². The second-order valence-electron chi connectivity index (χ2n) is 7.46. The lowest BCUT2D eigenvalue weighted by Crippen LogP contribution is -2.33. The normalized spacial score (nSPS) is 16.1. The number of hydrogen-bond donors (Lipinski definition) is 3. The summed E-state index contributed by atoms with van der Waals surface area (Å²) in [6.45, 7) is -0.256. The van der Waals surface area contributed by atoms with E-state index in [1.165, 1.54) is 16.8 Å². The summed E-state index contributed by atoms with van der Waals surface area (Å²) in [5.41, 5.74) is 1.04. The van der Waals surface area contributed by atoms with Crippen LogP contribution < -0.4 is 16.4 Å². The molecule has 2 saturated carbocycles. The van der Waals surface area contributed by atoms with E-state index in [-0.39, 0.29) is 29.3 Å². The number of nitrogens with one attached hydrogen (secondary N) is 3. The zero-order chi connectivity index (χ0) is 20.1. The van der Waals surface area contributed by atoms with E-state index in [9.17, 15) is 9.59 Å². The van der Waals surface area contributed by atoms with Crippen molar-refractivity contribution in [2.24, 2.45) is 0 Å². The zero-order valence-corrected chi connectivity index (χ0v) is 15.5. The minimum Gasteiger partial charge on any atom is -0.308 e. The molecule has 1 amide bonds. The largest absolute Gasteiger partial charge is 0.308 e. The molecular weight excluding hydrogens is 374 g/mol. The van der Waals surface area contributed by atoms with Gasteiger partial charge in [0.2, 0.25) is 5.91 Å². The van der Waals surface area contributed by atoms with Gasteiger partial charge in [-0.1, -0.05) is 0 Å². The third-order valence-corrected chi connectivity index (χ3v) is 5.10. The van der Waals surface area contributed by atoms with Gasteiger partial charge in [0.25, 0.3) is 5.56 Å². The first kappa shape index (κ1) is 17.5. The standard InChI is InChI=1S/C18H19N9O2/c19-9-26-14(20)5-6-15(23-26)21-16(28)8-25-18(29)13-7-12(10-1-2-10)22-27(13)17(24-25)11-3-4-11/h5-7,9-11,19-20H,1-4,8H2,(H,21,23,28). The Morgan fingerprint density at radius 1 is 1.17 bits per heavy atom. The molecule has 2 fully saturated rings. The van der Waals surface area contributed by atoms with Crippen LogP contribution in [0.1, 0.15) is 49.0 Å². The fraction of sp³-hybridized carbons (Fsp3) is 0.389. The quantitative estimate of drug-likeness (QED) is 0.410. The van der Waals surface area contributed by atoms with Gasteiger partial charge in [-0.2, -0.15) is 10.2 Å². The maximum absolute atomic E-state index is 12.9. The third kappa shape index (κ3) is 3.24. The molecule has 3 N–H and O–H groups in total. The molecule has 5 rings (SSSR count). The summed E-state index contributed by atoms with van der Waals surface area (Å²) in [6, 6.07) is 4.71. The van der Waals surface area contributed by atoms with Crippen LogP contribution in [0.5, 0.6) is 0 Å². The molecule has 29 heavy (non-hydrogen) atoms. The minimum atomic E-state index is -0.464. The van der Waals surface area contributed by atoms with Gasteiger partial charge in [-0.15, -0.1) is 5.10 Å². The van der Waals surface area contributed by atoms with Crippen molar-refractivity contribution < 1.29 is 4.79 Å². The van der Waals surface area contributed by atoms with Gasteiger partial charge in [0, 0.05) is 11.8 Å². The number of nitrogens with zero attached hydrogens (tertiary/aromatic N) is 6. The first-order valence-corrected chi connectivity index (χ1v) is 9.49. The molecule has 0 unspecified atom stereocenters. The lowest BCUT2D eigenvalue weighted by atomic mass is 10.3. The van der Waals surface area contributed by atoms with Crippen molar-refractivity contribution in [2.75, 3.05) is 5.32 Å². The molecule has 11 heteroatoms. The highest BCUT2D eigenvalue weighted by Crippen LogP contribution is 2.41. The molecule has 3 heterocycles. The highest BCUT2D eigenvalue weighted by atomic mass is 16.2. The molecule has 0 bridgehead atoms. The molecule has 0 aromatic carbocycles. The van der Waals surface area contributed by atoms with Gasteiger partial charge in [-0.3, -0.25) is 20.4 Å². The third-order valence-electron chi connectivity index (χ3n) is 5.10. The van der Waals surface area contributed by atoms with Gasteiger partial charge < -0.3 is 5.32 Å². The smallest absolute Gasteiger partial charge is 0.293 e. The number of rotatable bonds is 6. The Morgan fingerprint density at radius 3 is 2.62 bits per heavy atom. The van der Waals surface area contributed by atoms with E-state index < -0.39 is 5.91 Å². The summed E-state index contributed by atoms with van der Waals surface area (Å²) in [5, 5.41) is 30.4. The molecule has 2 aliphatic rings. The molecule has 0 atom stereocenters. The maximum Gasteiger partial charge on any atom is 0.293 e. The van der Waals surface area contributed by atoms with Crippen LogP contribution in [0.15, 0.2) is 23.0 Å². The number of carbonyl (C=O) groups is 1. The van der Waals surface area contributed by atoms with Crippen molar-refractivity contribution in [1.82, 2.24) is 29.2 Å². The predicted molar refractivity (Wildman–Crippen MR) is 102 cm³/mol. The molecular formula is C18H19N9O2. The maximum atomic E-state index is 12.9. The van der Waals surface area contributed by atoms with E-state index in [1.54, 1.807) is 4.52 Å². The Labute approximate surface area is 164 Å². The molecule has 3 aromatic heterocycles. The van der Waals surface area contributed by atoms with Crippen molar-refractivity contribution in [1.29, 1.82) is 10.8 Å². The highest BCUT2D eigenvalue weighted by molar-refractivity contribution is 5.89. The van der Waals surface area contributed by atoms with Gasteiger partial charge in [-0.05, 0) is 43.9 Å². The summed E-state index contributed by atoms with van der Waals surface area (Å²) in [7, 11) is 0. The average Bonchev–Trinajstić information content (AvgIpc) is 3.63. The van der Waals surface area contributed by atoms with Gasteiger partial charge in [0.05, 0.1) is 5.69 Å². The minimum absolute atomic E-state index is 0.0163. The molecule has 11 nitrogen and oxygen atoms in total. The number of hydrogen-bond acceptors (Lipinski definition) is 7. The van der Waals surface area contributed by atoms with Crippen molar-refractivity contribution in [3.05, 3.63) is 45.6 Å². The van der Waals surface area contributed by atoms with Crippen LogP contribution in [0.4, 0.5) is 5.82 Å². The first-order chi connectivity index (χ1) is 14.0. The fourth-order valence-electron chi connectivity index (χ4n) is 3.27. The number of amides is 1.